The Kier molecular flexibility index (Phi) is 8.87. The number of likely N-dealkylation sites (N-methyl/N-ethyl adjacent to an activating group) is 1. The van der Waals surface area contributed by atoms with Gasteiger partial charge in [-0.05, 0) is 26.0 Å². The molecule has 0 saturated carbocycles. The van der Waals surface area contributed by atoms with Gasteiger partial charge in [0.1, 0.15) is 6.29 Å². The number of hydrogen-bond acceptors (Lipinski definition) is 4. The van der Waals surface area contributed by atoms with Crippen LogP contribution in [0, 0.1) is 0 Å². The Labute approximate surface area is 114 Å². The van der Waals surface area contributed by atoms with Crippen LogP contribution in [0.1, 0.15) is 13.8 Å². The van der Waals surface area contributed by atoms with Crippen molar-refractivity contribution in [3.05, 3.63) is 35.8 Å². The van der Waals surface area contributed by atoms with E-state index >= 15 is 0 Å². The number of carbonyl (C=O) groups excluding carboxylic acids is 2. The molecule has 0 aliphatic carbocycles. The molecule has 0 radical (unpaired) electrons. The molecule has 1 amide bonds. The fraction of sp³-hybridized carbons (Fsp3) is 0.429. The first-order valence-corrected chi connectivity index (χ1v) is 6.03. The third-order valence-corrected chi connectivity index (χ3v) is 2.22. The Balaban J connectivity index is 4.17. The van der Waals surface area contributed by atoms with Crippen molar-refractivity contribution < 1.29 is 14.3 Å². The van der Waals surface area contributed by atoms with Crippen LogP contribution in [-0.4, -0.2) is 44.3 Å². The van der Waals surface area contributed by atoms with Gasteiger partial charge in [0.05, 0.1) is 12.3 Å². The van der Waals surface area contributed by atoms with Gasteiger partial charge in [-0.1, -0.05) is 12.2 Å². The van der Waals surface area contributed by atoms with E-state index in [1.165, 1.54) is 0 Å². The first-order chi connectivity index (χ1) is 9.01. The summed E-state index contributed by atoms with van der Waals surface area (Å²) in [6.45, 7) is 3.65. The molecule has 0 rings (SSSR count). The Bertz CT molecular complexity index is 382. The number of rotatable bonds is 8. The van der Waals surface area contributed by atoms with E-state index in [2.05, 4.69) is 5.32 Å². The predicted molar refractivity (Wildman–Crippen MR) is 75.4 cm³/mol. The number of nitrogens with zero attached hydrogens (tertiary/aromatic N) is 1. The minimum absolute atomic E-state index is 0.0122. The van der Waals surface area contributed by atoms with E-state index < -0.39 is 0 Å². The van der Waals surface area contributed by atoms with Crippen LogP contribution in [0.4, 0.5) is 0 Å². The topological polar surface area (TPSA) is 58.6 Å². The number of carbonyl (C=O) groups is 2. The van der Waals surface area contributed by atoms with Gasteiger partial charge < -0.3 is 19.7 Å². The summed E-state index contributed by atoms with van der Waals surface area (Å²) in [5.41, 5.74) is 1.08. The average Bonchev–Trinajstić information content (AvgIpc) is 2.38. The average molecular weight is 266 g/mol. The van der Waals surface area contributed by atoms with Crippen molar-refractivity contribution >= 4 is 12.2 Å². The summed E-state index contributed by atoms with van der Waals surface area (Å²) < 4.78 is 5.23. The van der Waals surface area contributed by atoms with Crippen LogP contribution in [-0.2, 0) is 14.3 Å². The van der Waals surface area contributed by atoms with Crippen molar-refractivity contribution in [3.8, 4) is 0 Å². The van der Waals surface area contributed by atoms with Crippen LogP contribution in [0.15, 0.2) is 35.8 Å². The highest BCUT2D eigenvalue weighted by molar-refractivity contribution is 5.79. The third kappa shape index (κ3) is 8.65. The fourth-order valence-electron chi connectivity index (χ4n) is 1.22. The van der Waals surface area contributed by atoms with E-state index in [9.17, 15) is 9.59 Å². The molecule has 0 aliphatic heterocycles. The summed E-state index contributed by atoms with van der Waals surface area (Å²) in [6, 6.07) is 0. The van der Waals surface area contributed by atoms with Crippen molar-refractivity contribution in [1.29, 1.82) is 0 Å². The summed E-state index contributed by atoms with van der Waals surface area (Å²) in [7, 11) is 3.92. The van der Waals surface area contributed by atoms with Gasteiger partial charge in [-0.3, -0.25) is 4.79 Å². The highest BCUT2D eigenvalue weighted by atomic mass is 16.5. The maximum Gasteiger partial charge on any atom is 0.258 e. The number of ether oxygens (including phenoxy) is 1. The van der Waals surface area contributed by atoms with Gasteiger partial charge in [0.15, 0.2) is 6.61 Å². The molecule has 0 fully saturated rings. The number of amides is 1. The second-order valence-electron chi connectivity index (χ2n) is 4.00. The normalized spacial score (nSPS) is 12.4. The van der Waals surface area contributed by atoms with Gasteiger partial charge in [-0.15, -0.1) is 0 Å². The summed E-state index contributed by atoms with van der Waals surface area (Å²) in [6.07, 6.45) is 8.20. The molecule has 19 heavy (non-hydrogen) atoms. The third-order valence-electron chi connectivity index (χ3n) is 2.22. The van der Waals surface area contributed by atoms with E-state index in [-0.39, 0.29) is 19.1 Å². The van der Waals surface area contributed by atoms with Gasteiger partial charge >= 0.3 is 0 Å². The lowest BCUT2D eigenvalue weighted by atomic mass is 10.3. The smallest absolute Gasteiger partial charge is 0.258 e. The molecule has 0 spiro atoms. The van der Waals surface area contributed by atoms with Crippen LogP contribution >= 0.6 is 0 Å². The molecule has 1 N–H and O–H groups in total. The highest BCUT2D eigenvalue weighted by Gasteiger charge is 2.00. The SMILES string of the molecule is C\C=C(/C=C\C=C(/C)OCC(=O)NCC=O)N(C)C. The van der Waals surface area contributed by atoms with Crippen LogP contribution in [0.3, 0.4) is 0 Å². The van der Waals surface area contributed by atoms with E-state index in [4.69, 9.17) is 4.74 Å². The van der Waals surface area contributed by atoms with Crippen molar-refractivity contribution in [2.24, 2.45) is 0 Å². The first kappa shape index (κ1) is 17.0. The van der Waals surface area contributed by atoms with E-state index in [0.717, 1.165) is 5.70 Å². The van der Waals surface area contributed by atoms with Gasteiger partial charge in [0, 0.05) is 19.8 Å². The molecule has 0 aromatic heterocycles. The maximum absolute atomic E-state index is 11.2. The van der Waals surface area contributed by atoms with Gasteiger partial charge in [0.25, 0.3) is 5.91 Å². The number of aldehydes is 1. The lowest BCUT2D eigenvalue weighted by Crippen LogP contribution is -2.28. The van der Waals surface area contributed by atoms with Crippen molar-refractivity contribution in [3.63, 3.8) is 0 Å². The molecule has 5 heteroatoms. The monoisotopic (exact) mass is 266 g/mol. The zero-order valence-electron chi connectivity index (χ0n) is 12.0. The largest absolute Gasteiger partial charge is 0.488 e. The Morgan fingerprint density at radius 3 is 2.58 bits per heavy atom. The molecule has 0 atom stereocenters. The summed E-state index contributed by atoms with van der Waals surface area (Å²) in [5.74, 6) is 0.318. The molecule has 0 bridgehead atoms. The lowest BCUT2D eigenvalue weighted by molar-refractivity contribution is -0.125. The van der Waals surface area contributed by atoms with E-state index in [1.54, 1.807) is 13.0 Å². The summed E-state index contributed by atoms with van der Waals surface area (Å²) in [4.78, 5) is 23.2. The molecule has 106 valence electrons. The Hall–Kier alpha value is -2.04. The zero-order chi connectivity index (χ0) is 14.7. The van der Waals surface area contributed by atoms with E-state index in [0.29, 0.717) is 12.0 Å². The maximum atomic E-state index is 11.2. The van der Waals surface area contributed by atoms with Gasteiger partial charge in [0.2, 0.25) is 0 Å². The van der Waals surface area contributed by atoms with E-state index in [1.807, 2.05) is 44.1 Å². The van der Waals surface area contributed by atoms with Crippen LogP contribution in [0.25, 0.3) is 0 Å². The van der Waals surface area contributed by atoms with Crippen molar-refractivity contribution in [1.82, 2.24) is 10.2 Å². The molecule has 0 aliphatic rings. The quantitative estimate of drug-likeness (QED) is 0.408. The van der Waals surface area contributed by atoms with Gasteiger partial charge in [-0.2, -0.15) is 0 Å². The molecule has 0 heterocycles. The zero-order valence-corrected chi connectivity index (χ0v) is 12.0. The second-order valence-corrected chi connectivity index (χ2v) is 4.00. The molecule has 0 aromatic carbocycles. The molecular formula is C14H22N2O3. The molecular weight excluding hydrogens is 244 g/mol. The fourth-order valence-corrected chi connectivity index (χ4v) is 1.22. The van der Waals surface area contributed by atoms with Crippen LogP contribution in [0.2, 0.25) is 0 Å². The lowest BCUT2D eigenvalue weighted by Gasteiger charge is -2.12. The molecule has 0 saturated heterocycles. The summed E-state index contributed by atoms with van der Waals surface area (Å²) in [5, 5.41) is 2.39. The van der Waals surface area contributed by atoms with Gasteiger partial charge in [-0.25, -0.2) is 0 Å². The first-order valence-electron chi connectivity index (χ1n) is 6.03. The number of allylic oxidation sites excluding steroid dienone is 5. The minimum Gasteiger partial charge on any atom is -0.488 e. The van der Waals surface area contributed by atoms with Crippen molar-refractivity contribution in [2.75, 3.05) is 27.2 Å². The molecule has 0 unspecified atom stereocenters. The summed E-state index contributed by atoms with van der Waals surface area (Å²) >= 11 is 0. The Morgan fingerprint density at radius 2 is 2.05 bits per heavy atom. The van der Waals surface area contributed by atoms with Crippen LogP contribution < -0.4 is 5.32 Å². The standard InChI is InChI=1S/C14H22N2O3/c1-5-13(16(3)4)8-6-7-12(2)19-11-14(18)15-9-10-17/h5-8,10H,9,11H2,1-4H3,(H,15,18)/b8-6-,12-7+,13-5+. The van der Waals surface area contributed by atoms with Crippen LogP contribution in [0.5, 0.6) is 0 Å². The second kappa shape index (κ2) is 9.94. The predicted octanol–water partition coefficient (Wildman–Crippen LogP) is 1.24. The van der Waals surface area contributed by atoms with Crippen molar-refractivity contribution in [2.45, 2.75) is 13.8 Å². The number of nitrogens with one attached hydrogen (secondary N) is 1. The Morgan fingerprint density at radius 1 is 1.37 bits per heavy atom. The molecule has 0 aromatic rings. The minimum atomic E-state index is -0.314. The number of hydrogen-bond donors (Lipinski definition) is 1. The highest BCUT2D eigenvalue weighted by Crippen LogP contribution is 2.02. The molecule has 5 nitrogen and oxygen atoms in total.